The van der Waals surface area contributed by atoms with E-state index in [-0.39, 0.29) is 27.2 Å². The largest absolute Gasteiger partial charge is 0.304 e. The van der Waals surface area contributed by atoms with Gasteiger partial charge in [0.15, 0.2) is 11.0 Å². The van der Waals surface area contributed by atoms with E-state index in [1.54, 1.807) is 0 Å². The number of hydrogen-bond acceptors (Lipinski definition) is 5. The van der Waals surface area contributed by atoms with E-state index in [1.807, 2.05) is 0 Å². The van der Waals surface area contributed by atoms with Crippen molar-refractivity contribution in [2.24, 2.45) is 0 Å². The van der Waals surface area contributed by atoms with Gasteiger partial charge in [0, 0.05) is 35.1 Å². The average Bonchev–Trinajstić information content (AvgIpc) is 2.40. The quantitative estimate of drug-likeness (QED) is 0.694. The van der Waals surface area contributed by atoms with Crippen LogP contribution in [0.4, 0.5) is 11.5 Å². The summed E-state index contributed by atoms with van der Waals surface area (Å²) < 4.78 is 0. The number of nitro benzene ring substituents is 1. The third-order valence-electron chi connectivity index (χ3n) is 2.24. The van der Waals surface area contributed by atoms with Gasteiger partial charge in [-0.25, -0.2) is 9.97 Å². The van der Waals surface area contributed by atoms with Crippen molar-refractivity contribution in [2.75, 3.05) is 5.32 Å². The summed E-state index contributed by atoms with van der Waals surface area (Å²) in [7, 11) is 0. The Morgan fingerprint density at radius 1 is 1.20 bits per heavy atom. The highest BCUT2D eigenvalue weighted by molar-refractivity contribution is 6.32. The predicted octanol–water partition coefficient (Wildman–Crippen LogP) is 2.94. The summed E-state index contributed by atoms with van der Waals surface area (Å²) in [6, 6.07) is 3.55. The van der Waals surface area contributed by atoms with E-state index in [1.165, 1.54) is 18.5 Å². The lowest BCUT2D eigenvalue weighted by Crippen LogP contribution is -2.14. The number of carbonyl (C=O) groups is 1. The number of nitrogens with zero attached hydrogens (tertiary/aromatic N) is 3. The first-order chi connectivity index (χ1) is 9.47. The topological polar surface area (TPSA) is 98.0 Å². The van der Waals surface area contributed by atoms with Gasteiger partial charge in [0.05, 0.1) is 4.92 Å². The second kappa shape index (κ2) is 5.81. The highest BCUT2D eigenvalue weighted by Gasteiger charge is 2.15. The monoisotopic (exact) mass is 312 g/mol. The Kier molecular flexibility index (Phi) is 4.11. The number of non-ortho nitro benzene ring substituents is 1. The molecular formula is C11H6Cl2N4O3. The molecule has 2 aromatic rings. The summed E-state index contributed by atoms with van der Waals surface area (Å²) in [6.07, 6.45) is 2.71. The summed E-state index contributed by atoms with van der Waals surface area (Å²) >= 11 is 11.5. The molecule has 0 bridgehead atoms. The van der Waals surface area contributed by atoms with Crippen LogP contribution in [0, 0.1) is 10.1 Å². The maximum absolute atomic E-state index is 12.0. The number of rotatable bonds is 3. The average molecular weight is 313 g/mol. The van der Waals surface area contributed by atoms with Gasteiger partial charge in [-0.15, -0.1) is 0 Å². The van der Waals surface area contributed by atoms with Crippen molar-refractivity contribution in [3.63, 3.8) is 0 Å². The second-order valence-electron chi connectivity index (χ2n) is 3.61. The number of amides is 1. The Labute approximate surface area is 122 Å². The van der Waals surface area contributed by atoms with Crippen molar-refractivity contribution in [3.05, 3.63) is 56.4 Å². The molecule has 0 radical (unpaired) electrons. The number of halogens is 2. The molecule has 9 heteroatoms. The van der Waals surface area contributed by atoms with Crippen LogP contribution in [0.2, 0.25) is 10.2 Å². The van der Waals surface area contributed by atoms with E-state index >= 15 is 0 Å². The summed E-state index contributed by atoms with van der Waals surface area (Å²) in [6.45, 7) is 0. The van der Waals surface area contributed by atoms with Crippen LogP contribution in [-0.2, 0) is 0 Å². The van der Waals surface area contributed by atoms with Gasteiger partial charge in [0.1, 0.15) is 0 Å². The molecule has 0 atom stereocenters. The second-order valence-corrected chi connectivity index (χ2v) is 4.40. The maximum atomic E-state index is 12.0. The maximum Gasteiger partial charge on any atom is 0.271 e. The molecule has 0 saturated heterocycles. The number of nitro groups is 1. The summed E-state index contributed by atoms with van der Waals surface area (Å²) in [4.78, 5) is 29.6. The van der Waals surface area contributed by atoms with E-state index in [0.717, 1.165) is 12.1 Å². The van der Waals surface area contributed by atoms with Gasteiger partial charge >= 0.3 is 0 Å². The highest BCUT2D eigenvalue weighted by atomic mass is 35.5. The number of nitrogens with one attached hydrogen (secondary N) is 1. The Balaban J connectivity index is 2.30. The predicted molar refractivity (Wildman–Crippen MR) is 73.1 cm³/mol. The van der Waals surface area contributed by atoms with Crippen LogP contribution >= 0.6 is 23.2 Å². The molecule has 1 N–H and O–H groups in total. The van der Waals surface area contributed by atoms with Crippen molar-refractivity contribution >= 4 is 40.6 Å². The first-order valence-electron chi connectivity index (χ1n) is 5.20. The minimum Gasteiger partial charge on any atom is -0.304 e. The zero-order valence-electron chi connectivity index (χ0n) is 9.71. The van der Waals surface area contributed by atoms with Crippen LogP contribution < -0.4 is 5.32 Å². The van der Waals surface area contributed by atoms with Crippen molar-refractivity contribution in [3.8, 4) is 0 Å². The third-order valence-corrected chi connectivity index (χ3v) is 2.74. The SMILES string of the molecule is O=C(Nc1nccnc1Cl)c1cc(Cl)cc([N+](=O)[O-])c1. The van der Waals surface area contributed by atoms with E-state index in [9.17, 15) is 14.9 Å². The van der Waals surface area contributed by atoms with E-state index < -0.39 is 10.8 Å². The molecule has 1 aromatic heterocycles. The molecule has 0 fully saturated rings. The van der Waals surface area contributed by atoms with Crippen LogP contribution in [0.25, 0.3) is 0 Å². The van der Waals surface area contributed by atoms with Gasteiger partial charge in [0.2, 0.25) is 0 Å². The lowest BCUT2D eigenvalue weighted by atomic mass is 10.2. The van der Waals surface area contributed by atoms with E-state index in [4.69, 9.17) is 23.2 Å². The zero-order valence-corrected chi connectivity index (χ0v) is 11.2. The molecule has 0 aliphatic carbocycles. The first kappa shape index (κ1) is 14.2. The number of hydrogen-bond donors (Lipinski definition) is 1. The molecule has 1 heterocycles. The molecule has 1 amide bonds. The molecule has 0 spiro atoms. The zero-order chi connectivity index (χ0) is 14.7. The van der Waals surface area contributed by atoms with Crippen LogP contribution in [0.15, 0.2) is 30.6 Å². The number of carbonyl (C=O) groups excluding carboxylic acids is 1. The smallest absolute Gasteiger partial charge is 0.271 e. The third kappa shape index (κ3) is 3.19. The Morgan fingerprint density at radius 3 is 2.55 bits per heavy atom. The number of benzene rings is 1. The van der Waals surface area contributed by atoms with Crippen molar-refractivity contribution < 1.29 is 9.72 Å². The van der Waals surface area contributed by atoms with Gasteiger partial charge in [-0.2, -0.15) is 0 Å². The van der Waals surface area contributed by atoms with Crippen LogP contribution in [0.3, 0.4) is 0 Å². The fraction of sp³-hybridized carbons (Fsp3) is 0. The Morgan fingerprint density at radius 2 is 1.90 bits per heavy atom. The standard InChI is InChI=1S/C11H6Cl2N4O3/c12-7-3-6(4-8(5-7)17(19)20)11(18)16-10-9(13)14-1-2-15-10/h1-5H,(H,15,16,18). The molecule has 0 aliphatic rings. The molecule has 1 aromatic carbocycles. The van der Waals surface area contributed by atoms with Crippen molar-refractivity contribution in [1.82, 2.24) is 9.97 Å². The van der Waals surface area contributed by atoms with E-state index in [0.29, 0.717) is 0 Å². The molecule has 2 rings (SSSR count). The normalized spacial score (nSPS) is 10.1. The Bertz CT molecular complexity index is 693. The molecule has 0 unspecified atom stereocenters. The molecule has 0 aliphatic heterocycles. The molecule has 7 nitrogen and oxygen atoms in total. The fourth-order valence-corrected chi connectivity index (χ4v) is 1.78. The molecule has 20 heavy (non-hydrogen) atoms. The molecule has 0 saturated carbocycles. The lowest BCUT2D eigenvalue weighted by molar-refractivity contribution is -0.384. The Hall–Kier alpha value is -2.25. The van der Waals surface area contributed by atoms with Gasteiger partial charge in [0.25, 0.3) is 11.6 Å². The summed E-state index contributed by atoms with van der Waals surface area (Å²) in [5, 5.41) is 13.2. The molecular weight excluding hydrogens is 307 g/mol. The van der Waals surface area contributed by atoms with Crippen LogP contribution in [0.5, 0.6) is 0 Å². The van der Waals surface area contributed by atoms with E-state index in [2.05, 4.69) is 15.3 Å². The van der Waals surface area contributed by atoms with Gasteiger partial charge < -0.3 is 5.32 Å². The number of aromatic nitrogens is 2. The van der Waals surface area contributed by atoms with Crippen molar-refractivity contribution in [2.45, 2.75) is 0 Å². The minimum atomic E-state index is -0.641. The van der Waals surface area contributed by atoms with Gasteiger partial charge in [-0.05, 0) is 6.07 Å². The fourth-order valence-electron chi connectivity index (χ4n) is 1.40. The van der Waals surface area contributed by atoms with Gasteiger partial charge in [-0.3, -0.25) is 14.9 Å². The summed E-state index contributed by atoms with van der Waals surface area (Å²) in [5.74, 6) is -0.570. The van der Waals surface area contributed by atoms with Crippen molar-refractivity contribution in [1.29, 1.82) is 0 Å². The minimum absolute atomic E-state index is 0.0115. The van der Waals surface area contributed by atoms with Crippen LogP contribution in [0.1, 0.15) is 10.4 Å². The molecule has 102 valence electrons. The number of anilines is 1. The van der Waals surface area contributed by atoms with Crippen LogP contribution in [-0.4, -0.2) is 20.8 Å². The first-order valence-corrected chi connectivity index (χ1v) is 5.96. The highest BCUT2D eigenvalue weighted by Crippen LogP contribution is 2.22. The summed E-state index contributed by atoms with van der Waals surface area (Å²) in [5.41, 5.74) is -0.265. The lowest BCUT2D eigenvalue weighted by Gasteiger charge is -2.05. The van der Waals surface area contributed by atoms with Gasteiger partial charge in [-0.1, -0.05) is 23.2 Å².